The van der Waals surface area contributed by atoms with Gasteiger partial charge in [-0.05, 0) is 42.8 Å². The topological polar surface area (TPSA) is 79.5 Å². The zero-order valence-electron chi connectivity index (χ0n) is 15.9. The van der Waals surface area contributed by atoms with Gasteiger partial charge in [0.2, 0.25) is 11.8 Å². The molecular formula is C21H27N3O3. The molecule has 0 aromatic heterocycles. The van der Waals surface area contributed by atoms with E-state index in [1.807, 2.05) is 24.3 Å². The average molecular weight is 369 g/mol. The summed E-state index contributed by atoms with van der Waals surface area (Å²) in [7, 11) is 0. The first-order valence-corrected chi connectivity index (χ1v) is 9.27. The highest BCUT2D eigenvalue weighted by molar-refractivity contribution is 5.94. The number of benzene rings is 2. The van der Waals surface area contributed by atoms with E-state index < -0.39 is 0 Å². The molecule has 0 saturated carbocycles. The fraction of sp³-hybridized carbons (Fsp3) is 0.333. The van der Waals surface area contributed by atoms with Crippen LogP contribution in [-0.4, -0.2) is 25.0 Å². The van der Waals surface area contributed by atoms with Gasteiger partial charge in [0.1, 0.15) is 5.75 Å². The Labute approximate surface area is 160 Å². The van der Waals surface area contributed by atoms with Crippen molar-refractivity contribution >= 4 is 28.9 Å². The van der Waals surface area contributed by atoms with Gasteiger partial charge < -0.3 is 20.7 Å². The summed E-state index contributed by atoms with van der Waals surface area (Å²) >= 11 is 0. The van der Waals surface area contributed by atoms with Gasteiger partial charge in [-0.1, -0.05) is 26.3 Å². The predicted molar refractivity (Wildman–Crippen MR) is 109 cm³/mol. The molecule has 0 unspecified atom stereocenters. The van der Waals surface area contributed by atoms with Crippen LogP contribution in [0, 0.1) is 0 Å². The molecule has 0 fully saturated rings. The van der Waals surface area contributed by atoms with Crippen LogP contribution >= 0.6 is 0 Å². The molecule has 6 heteroatoms. The van der Waals surface area contributed by atoms with Crippen LogP contribution in [-0.2, 0) is 9.59 Å². The van der Waals surface area contributed by atoms with Gasteiger partial charge in [0, 0.05) is 29.5 Å². The zero-order valence-corrected chi connectivity index (χ0v) is 15.9. The molecule has 2 aromatic rings. The standard InChI is InChI=1S/C21H27N3O3/c1-3-5-13-27-19-8-6-7-18(14-19)22-15-21(26)24-17-11-9-16(10-12-17)23-20(25)4-2/h6-12,14,22H,3-5,13,15H2,1-2H3,(H,23,25)(H,24,26). The summed E-state index contributed by atoms with van der Waals surface area (Å²) in [4.78, 5) is 23.5. The lowest BCUT2D eigenvalue weighted by Gasteiger charge is -2.10. The lowest BCUT2D eigenvalue weighted by atomic mass is 10.2. The van der Waals surface area contributed by atoms with Crippen LogP contribution in [0.1, 0.15) is 33.1 Å². The maximum atomic E-state index is 12.1. The number of carbonyl (C=O) groups excluding carboxylic acids is 2. The molecule has 0 saturated heterocycles. The molecule has 3 N–H and O–H groups in total. The second kappa shape index (κ2) is 10.9. The molecule has 6 nitrogen and oxygen atoms in total. The van der Waals surface area contributed by atoms with Crippen molar-refractivity contribution in [2.45, 2.75) is 33.1 Å². The Morgan fingerprint density at radius 3 is 2.19 bits per heavy atom. The first-order valence-electron chi connectivity index (χ1n) is 9.27. The number of hydrogen-bond acceptors (Lipinski definition) is 4. The number of nitrogens with one attached hydrogen (secondary N) is 3. The van der Waals surface area contributed by atoms with Crippen LogP contribution in [0.25, 0.3) is 0 Å². The molecule has 2 rings (SSSR count). The Hall–Kier alpha value is -3.02. The number of rotatable bonds is 10. The van der Waals surface area contributed by atoms with E-state index in [0.29, 0.717) is 24.4 Å². The molecule has 27 heavy (non-hydrogen) atoms. The molecule has 0 heterocycles. The van der Waals surface area contributed by atoms with Crippen molar-refractivity contribution in [2.75, 3.05) is 29.1 Å². The van der Waals surface area contributed by atoms with Crippen molar-refractivity contribution in [3.8, 4) is 5.75 Å². The average Bonchev–Trinajstić information content (AvgIpc) is 2.68. The van der Waals surface area contributed by atoms with Gasteiger partial charge in [-0.2, -0.15) is 0 Å². The normalized spacial score (nSPS) is 10.1. The number of ether oxygens (including phenoxy) is 1. The van der Waals surface area contributed by atoms with E-state index in [4.69, 9.17) is 4.74 Å². The van der Waals surface area contributed by atoms with Crippen molar-refractivity contribution in [3.05, 3.63) is 48.5 Å². The van der Waals surface area contributed by atoms with Crippen LogP contribution in [0.2, 0.25) is 0 Å². The minimum Gasteiger partial charge on any atom is -0.494 e. The molecule has 2 amide bonds. The SMILES string of the molecule is CCCCOc1cccc(NCC(=O)Nc2ccc(NC(=O)CC)cc2)c1. The van der Waals surface area contributed by atoms with Crippen molar-refractivity contribution < 1.29 is 14.3 Å². The third kappa shape index (κ3) is 7.40. The second-order valence-corrected chi connectivity index (χ2v) is 6.11. The molecule has 144 valence electrons. The number of unbranched alkanes of at least 4 members (excludes halogenated alkanes) is 1. The molecular weight excluding hydrogens is 342 g/mol. The monoisotopic (exact) mass is 369 g/mol. The molecule has 0 aliphatic rings. The molecule has 0 radical (unpaired) electrons. The minimum atomic E-state index is -0.155. The van der Waals surface area contributed by atoms with E-state index in [1.165, 1.54) is 0 Å². The first-order chi connectivity index (χ1) is 13.1. The van der Waals surface area contributed by atoms with Gasteiger partial charge >= 0.3 is 0 Å². The van der Waals surface area contributed by atoms with Crippen molar-refractivity contribution in [2.24, 2.45) is 0 Å². The first kappa shape index (κ1) is 20.3. The Morgan fingerprint density at radius 2 is 1.56 bits per heavy atom. The fourth-order valence-corrected chi connectivity index (χ4v) is 2.30. The Morgan fingerprint density at radius 1 is 0.889 bits per heavy atom. The van der Waals surface area contributed by atoms with Crippen LogP contribution in [0.4, 0.5) is 17.1 Å². The van der Waals surface area contributed by atoms with Gasteiger partial charge in [-0.25, -0.2) is 0 Å². The van der Waals surface area contributed by atoms with Crippen molar-refractivity contribution in [1.29, 1.82) is 0 Å². The lowest BCUT2D eigenvalue weighted by Crippen LogP contribution is -2.21. The number of amides is 2. The van der Waals surface area contributed by atoms with Crippen LogP contribution in [0.5, 0.6) is 5.75 Å². The third-order valence-corrected chi connectivity index (χ3v) is 3.83. The highest BCUT2D eigenvalue weighted by atomic mass is 16.5. The van der Waals surface area contributed by atoms with Crippen LogP contribution in [0.15, 0.2) is 48.5 Å². The van der Waals surface area contributed by atoms with E-state index in [9.17, 15) is 9.59 Å². The molecule has 0 aliphatic carbocycles. The molecule has 0 atom stereocenters. The summed E-state index contributed by atoms with van der Waals surface area (Å²) in [5, 5.41) is 8.68. The summed E-state index contributed by atoms with van der Waals surface area (Å²) in [5.41, 5.74) is 2.21. The minimum absolute atomic E-state index is 0.0445. The van der Waals surface area contributed by atoms with E-state index in [0.717, 1.165) is 24.3 Å². The third-order valence-electron chi connectivity index (χ3n) is 3.83. The zero-order chi connectivity index (χ0) is 19.5. The summed E-state index contributed by atoms with van der Waals surface area (Å²) in [5.74, 6) is 0.591. The van der Waals surface area contributed by atoms with Crippen LogP contribution < -0.4 is 20.7 Å². The Balaban J connectivity index is 1.80. The highest BCUT2D eigenvalue weighted by Gasteiger charge is 2.04. The number of anilines is 3. The maximum Gasteiger partial charge on any atom is 0.243 e. The maximum absolute atomic E-state index is 12.1. The molecule has 2 aromatic carbocycles. The van der Waals surface area contributed by atoms with Gasteiger partial charge in [0.15, 0.2) is 0 Å². The summed E-state index contributed by atoms with van der Waals surface area (Å²) in [6, 6.07) is 14.6. The largest absolute Gasteiger partial charge is 0.494 e. The molecule has 0 bridgehead atoms. The van der Waals surface area contributed by atoms with Gasteiger partial charge in [0.05, 0.1) is 13.2 Å². The number of hydrogen-bond donors (Lipinski definition) is 3. The van der Waals surface area contributed by atoms with E-state index >= 15 is 0 Å². The second-order valence-electron chi connectivity index (χ2n) is 6.11. The summed E-state index contributed by atoms with van der Waals surface area (Å²) in [6.45, 7) is 4.75. The van der Waals surface area contributed by atoms with Crippen molar-refractivity contribution in [1.82, 2.24) is 0 Å². The molecule has 0 spiro atoms. The van der Waals surface area contributed by atoms with E-state index in [1.54, 1.807) is 31.2 Å². The van der Waals surface area contributed by atoms with Gasteiger partial charge in [-0.15, -0.1) is 0 Å². The van der Waals surface area contributed by atoms with Crippen molar-refractivity contribution in [3.63, 3.8) is 0 Å². The van der Waals surface area contributed by atoms with E-state index in [-0.39, 0.29) is 18.4 Å². The van der Waals surface area contributed by atoms with Gasteiger partial charge in [0.25, 0.3) is 0 Å². The predicted octanol–water partition coefficient (Wildman–Crippen LogP) is 4.26. The Bertz CT molecular complexity index is 745. The summed E-state index contributed by atoms with van der Waals surface area (Å²) in [6.07, 6.45) is 2.53. The smallest absolute Gasteiger partial charge is 0.243 e. The lowest BCUT2D eigenvalue weighted by molar-refractivity contribution is -0.116. The molecule has 0 aliphatic heterocycles. The van der Waals surface area contributed by atoms with Gasteiger partial charge in [-0.3, -0.25) is 9.59 Å². The summed E-state index contributed by atoms with van der Waals surface area (Å²) < 4.78 is 5.67. The highest BCUT2D eigenvalue weighted by Crippen LogP contribution is 2.18. The van der Waals surface area contributed by atoms with E-state index in [2.05, 4.69) is 22.9 Å². The quantitative estimate of drug-likeness (QED) is 0.547. The number of carbonyl (C=O) groups is 2. The Kier molecular flexibility index (Phi) is 8.16. The fourth-order valence-electron chi connectivity index (χ4n) is 2.30. The van der Waals surface area contributed by atoms with Crippen LogP contribution in [0.3, 0.4) is 0 Å².